The number of aliphatic hydroxyl groups is 1. The highest BCUT2D eigenvalue weighted by Gasteiger charge is 2.38. The lowest BCUT2D eigenvalue weighted by atomic mass is 10.1. The van der Waals surface area contributed by atoms with Crippen LogP contribution in [0.5, 0.6) is 0 Å². The maximum Gasteiger partial charge on any atom is 0.328 e. The Labute approximate surface area is 152 Å². The Morgan fingerprint density at radius 3 is 2.65 bits per heavy atom. The number of carbonyl (C=O) groups is 3. The van der Waals surface area contributed by atoms with Crippen LogP contribution in [0.25, 0.3) is 6.08 Å². The van der Waals surface area contributed by atoms with Gasteiger partial charge in [0, 0.05) is 19.9 Å². The number of nitrogens with zero attached hydrogens (tertiary/aromatic N) is 1. The number of ether oxygens (including phenoxy) is 1. The van der Waals surface area contributed by atoms with E-state index in [2.05, 4.69) is 5.32 Å². The minimum absolute atomic E-state index is 0.115. The number of rotatable bonds is 6. The third kappa shape index (κ3) is 5.16. The minimum atomic E-state index is -0.862. The molecular weight excluding hydrogens is 336 g/mol. The fourth-order valence-corrected chi connectivity index (χ4v) is 2.94. The van der Waals surface area contributed by atoms with Crippen molar-refractivity contribution in [3.63, 3.8) is 0 Å². The Bertz CT molecular complexity index is 674. The Morgan fingerprint density at radius 2 is 2.04 bits per heavy atom. The van der Waals surface area contributed by atoms with Crippen molar-refractivity contribution < 1.29 is 24.2 Å². The highest BCUT2D eigenvalue weighted by atomic mass is 16.5. The summed E-state index contributed by atoms with van der Waals surface area (Å²) in [4.78, 5) is 37.5. The quantitative estimate of drug-likeness (QED) is 0.729. The van der Waals surface area contributed by atoms with Crippen molar-refractivity contribution in [3.8, 4) is 0 Å². The van der Waals surface area contributed by atoms with Crippen molar-refractivity contribution in [1.82, 2.24) is 10.2 Å². The van der Waals surface area contributed by atoms with E-state index in [0.717, 1.165) is 5.56 Å². The number of hydrogen-bond acceptors (Lipinski definition) is 5. The molecule has 0 spiro atoms. The summed E-state index contributed by atoms with van der Waals surface area (Å²) in [7, 11) is 1.25. The maximum atomic E-state index is 12.5. The zero-order chi connectivity index (χ0) is 19.1. The van der Waals surface area contributed by atoms with E-state index in [1.165, 1.54) is 18.9 Å². The Hall–Kier alpha value is -2.67. The number of methoxy groups -OCH3 is 1. The molecule has 1 aromatic carbocycles. The molecule has 26 heavy (non-hydrogen) atoms. The first-order chi connectivity index (χ1) is 12.4. The van der Waals surface area contributed by atoms with Crippen molar-refractivity contribution >= 4 is 23.9 Å². The Balaban J connectivity index is 2.03. The molecule has 1 aliphatic heterocycles. The normalized spacial score (nSPS) is 20.8. The second-order valence-corrected chi connectivity index (χ2v) is 6.21. The predicted octanol–water partition coefficient (Wildman–Crippen LogP) is 0.729. The van der Waals surface area contributed by atoms with Gasteiger partial charge in [-0.3, -0.25) is 9.59 Å². The van der Waals surface area contributed by atoms with Crippen LogP contribution in [0.1, 0.15) is 25.3 Å². The summed E-state index contributed by atoms with van der Waals surface area (Å²) in [5, 5.41) is 12.4. The first-order valence-corrected chi connectivity index (χ1v) is 8.47. The fraction of sp³-hybridized carbons (Fsp3) is 0.421. The van der Waals surface area contributed by atoms with Gasteiger partial charge in [-0.25, -0.2) is 4.79 Å². The number of esters is 1. The third-order valence-electron chi connectivity index (χ3n) is 4.27. The van der Waals surface area contributed by atoms with E-state index in [-0.39, 0.29) is 25.3 Å². The van der Waals surface area contributed by atoms with Crippen LogP contribution in [0.4, 0.5) is 0 Å². The molecule has 7 nitrogen and oxygen atoms in total. The number of benzene rings is 1. The van der Waals surface area contributed by atoms with Gasteiger partial charge in [0.15, 0.2) is 0 Å². The van der Waals surface area contributed by atoms with Crippen molar-refractivity contribution in [1.29, 1.82) is 0 Å². The van der Waals surface area contributed by atoms with Crippen molar-refractivity contribution in [3.05, 3.63) is 42.0 Å². The van der Waals surface area contributed by atoms with Gasteiger partial charge in [0.2, 0.25) is 11.8 Å². The SMILES string of the molecule is COC(=O)[C@@H](C/C=C/c1ccccc1)NC(=O)[C@@H]1C[C@@H](O)CN1C(C)=O. The van der Waals surface area contributed by atoms with E-state index < -0.39 is 30.1 Å². The van der Waals surface area contributed by atoms with Gasteiger partial charge >= 0.3 is 5.97 Å². The van der Waals surface area contributed by atoms with Gasteiger partial charge in [-0.1, -0.05) is 42.5 Å². The molecule has 0 bridgehead atoms. The van der Waals surface area contributed by atoms with Crippen LogP contribution in [0.15, 0.2) is 36.4 Å². The molecule has 1 fully saturated rings. The van der Waals surface area contributed by atoms with Crippen LogP contribution in [0, 0.1) is 0 Å². The third-order valence-corrected chi connectivity index (χ3v) is 4.27. The van der Waals surface area contributed by atoms with Gasteiger partial charge in [0.25, 0.3) is 0 Å². The molecule has 2 N–H and O–H groups in total. The maximum absolute atomic E-state index is 12.5. The van der Waals surface area contributed by atoms with E-state index >= 15 is 0 Å². The van der Waals surface area contributed by atoms with Gasteiger partial charge in [0.05, 0.1) is 13.2 Å². The summed E-state index contributed by atoms with van der Waals surface area (Å²) < 4.78 is 4.76. The number of nitrogens with one attached hydrogen (secondary N) is 1. The molecule has 0 aliphatic carbocycles. The van der Waals surface area contributed by atoms with Gasteiger partial charge in [-0.2, -0.15) is 0 Å². The number of likely N-dealkylation sites (tertiary alicyclic amines) is 1. The topological polar surface area (TPSA) is 95.9 Å². The Morgan fingerprint density at radius 1 is 1.35 bits per heavy atom. The number of hydrogen-bond donors (Lipinski definition) is 2. The molecule has 0 radical (unpaired) electrons. The summed E-state index contributed by atoms with van der Waals surface area (Å²) >= 11 is 0. The van der Waals surface area contributed by atoms with Crippen molar-refractivity contribution in [2.75, 3.05) is 13.7 Å². The van der Waals surface area contributed by atoms with Gasteiger partial charge in [0.1, 0.15) is 12.1 Å². The van der Waals surface area contributed by atoms with Crippen LogP contribution in [-0.4, -0.2) is 59.6 Å². The molecule has 1 saturated heterocycles. The molecule has 3 atom stereocenters. The minimum Gasteiger partial charge on any atom is -0.467 e. The molecule has 140 valence electrons. The van der Waals surface area contributed by atoms with Gasteiger partial charge < -0.3 is 20.1 Å². The lowest BCUT2D eigenvalue weighted by Crippen LogP contribution is -2.50. The first kappa shape index (κ1) is 19.7. The average molecular weight is 360 g/mol. The van der Waals surface area contributed by atoms with Gasteiger partial charge in [-0.15, -0.1) is 0 Å². The summed E-state index contributed by atoms with van der Waals surface area (Å²) in [5.74, 6) is -1.33. The van der Waals surface area contributed by atoms with E-state index in [0.29, 0.717) is 0 Å². The molecule has 0 unspecified atom stereocenters. The summed E-state index contributed by atoms with van der Waals surface area (Å²) in [6, 6.07) is 7.92. The molecular formula is C19H24N2O5. The molecule has 7 heteroatoms. The van der Waals surface area contributed by atoms with Crippen molar-refractivity contribution in [2.45, 2.75) is 38.0 Å². The summed E-state index contributed by atoms with van der Waals surface area (Å²) in [5.41, 5.74) is 0.976. The largest absolute Gasteiger partial charge is 0.467 e. The van der Waals surface area contributed by atoms with Crippen LogP contribution in [0.3, 0.4) is 0 Å². The zero-order valence-corrected chi connectivity index (χ0v) is 14.9. The number of amides is 2. The van der Waals surface area contributed by atoms with Crippen LogP contribution >= 0.6 is 0 Å². The lowest BCUT2D eigenvalue weighted by molar-refractivity contribution is -0.146. The molecule has 0 saturated carbocycles. The highest BCUT2D eigenvalue weighted by Crippen LogP contribution is 2.18. The molecule has 1 aliphatic rings. The van der Waals surface area contributed by atoms with E-state index in [1.54, 1.807) is 6.08 Å². The monoisotopic (exact) mass is 360 g/mol. The summed E-state index contributed by atoms with van der Waals surface area (Å²) in [6.07, 6.45) is 3.29. The highest BCUT2D eigenvalue weighted by molar-refractivity contribution is 5.91. The Kier molecular flexibility index (Phi) is 6.91. The second-order valence-electron chi connectivity index (χ2n) is 6.21. The van der Waals surface area contributed by atoms with Crippen LogP contribution in [0.2, 0.25) is 0 Å². The lowest BCUT2D eigenvalue weighted by Gasteiger charge is -2.24. The van der Waals surface area contributed by atoms with Gasteiger partial charge in [-0.05, 0) is 12.0 Å². The first-order valence-electron chi connectivity index (χ1n) is 8.47. The summed E-state index contributed by atoms with van der Waals surface area (Å²) in [6.45, 7) is 1.46. The molecule has 1 heterocycles. The average Bonchev–Trinajstić information content (AvgIpc) is 3.03. The van der Waals surface area contributed by atoms with E-state index in [4.69, 9.17) is 4.74 Å². The molecule has 0 aromatic heterocycles. The number of carbonyl (C=O) groups excluding carboxylic acids is 3. The molecule has 1 aromatic rings. The molecule has 2 amide bonds. The van der Waals surface area contributed by atoms with E-state index in [1.807, 2.05) is 36.4 Å². The zero-order valence-electron chi connectivity index (χ0n) is 14.9. The smallest absolute Gasteiger partial charge is 0.328 e. The van der Waals surface area contributed by atoms with Crippen LogP contribution in [-0.2, 0) is 19.1 Å². The van der Waals surface area contributed by atoms with Crippen molar-refractivity contribution in [2.24, 2.45) is 0 Å². The number of aliphatic hydroxyl groups excluding tert-OH is 1. The van der Waals surface area contributed by atoms with Crippen LogP contribution < -0.4 is 5.32 Å². The molecule has 2 rings (SSSR count). The number of β-amino-alcohol motifs (C(OH)–C–C–N with tert-alkyl or cyclic N) is 1. The predicted molar refractivity (Wildman–Crippen MR) is 95.8 cm³/mol. The fourth-order valence-electron chi connectivity index (χ4n) is 2.94. The van der Waals surface area contributed by atoms with E-state index in [9.17, 15) is 19.5 Å². The standard InChI is InChI=1S/C19H24N2O5/c1-13(22)21-12-15(23)11-17(21)18(24)20-16(19(25)26-2)10-6-9-14-7-4-3-5-8-14/h3-9,15-17,23H,10-12H2,1-2H3,(H,20,24)/b9-6+/t15-,16-,17+/m1/s1. The second kappa shape index (κ2) is 9.15.